The smallest absolute Gasteiger partial charge is 0.235 e. The zero-order valence-corrected chi connectivity index (χ0v) is 14.3. The number of thiazole rings is 1. The molecule has 0 fully saturated rings. The molecule has 120 valence electrons. The minimum Gasteiger partial charge on any atom is -0.235 e. The van der Waals surface area contributed by atoms with E-state index in [-0.39, 0.29) is 5.52 Å². The third kappa shape index (κ3) is 3.50. The van der Waals surface area contributed by atoms with Crippen molar-refractivity contribution in [2.45, 2.75) is 6.18 Å². The van der Waals surface area contributed by atoms with Gasteiger partial charge in [0.05, 0.1) is 21.4 Å². The van der Waals surface area contributed by atoms with E-state index >= 15 is 0 Å². The molecule has 2 aromatic carbocycles. The lowest BCUT2D eigenvalue weighted by Crippen LogP contribution is -2.03. The predicted molar refractivity (Wildman–Crippen MR) is 92.2 cm³/mol. The van der Waals surface area contributed by atoms with Crippen LogP contribution < -0.4 is 0 Å². The zero-order chi connectivity index (χ0) is 17.3. The van der Waals surface area contributed by atoms with E-state index in [1.165, 1.54) is 17.4 Å². The molecule has 0 atom stereocenters. The van der Waals surface area contributed by atoms with Gasteiger partial charge in [-0.15, -0.1) is 11.3 Å². The monoisotopic (exact) mass is 408 g/mol. The van der Waals surface area contributed by atoms with E-state index in [4.69, 9.17) is 0 Å². The number of nitriles is 1. The van der Waals surface area contributed by atoms with Crippen LogP contribution in [-0.2, 0) is 6.18 Å². The van der Waals surface area contributed by atoms with Gasteiger partial charge >= 0.3 is 6.18 Å². The summed E-state index contributed by atoms with van der Waals surface area (Å²) in [5, 5.41) is 9.77. The van der Waals surface area contributed by atoms with E-state index in [0.717, 1.165) is 22.2 Å². The molecule has 0 radical (unpaired) electrons. The van der Waals surface area contributed by atoms with Crippen LogP contribution in [0, 0.1) is 11.3 Å². The molecule has 3 aromatic rings. The number of nitrogens with zero attached hydrogens (tertiary/aromatic N) is 2. The van der Waals surface area contributed by atoms with E-state index in [1.807, 2.05) is 24.3 Å². The SMILES string of the molecule is N#C/C(=C/c1cccc(Br)c1)c1nc2cc(C(F)(F)F)ccc2s1. The summed E-state index contributed by atoms with van der Waals surface area (Å²) in [4.78, 5) is 4.19. The number of fused-ring (bicyclic) bond motifs is 1. The molecule has 0 bridgehead atoms. The number of alkyl halides is 3. The Morgan fingerprint density at radius 3 is 2.67 bits per heavy atom. The van der Waals surface area contributed by atoms with Crippen LogP contribution in [0.5, 0.6) is 0 Å². The van der Waals surface area contributed by atoms with E-state index in [1.54, 1.807) is 6.08 Å². The van der Waals surface area contributed by atoms with Gasteiger partial charge in [0.2, 0.25) is 0 Å². The highest BCUT2D eigenvalue weighted by molar-refractivity contribution is 9.10. The van der Waals surface area contributed by atoms with Crippen LogP contribution in [0.4, 0.5) is 13.2 Å². The standard InChI is InChI=1S/C17H8BrF3N2S/c18-13-3-1-2-10(7-13)6-11(9-22)16-23-14-8-12(17(19,20)21)4-5-15(14)24-16/h1-8H/b11-6-. The van der Waals surface area contributed by atoms with Crippen LogP contribution >= 0.6 is 27.3 Å². The van der Waals surface area contributed by atoms with Gasteiger partial charge in [0, 0.05) is 4.47 Å². The van der Waals surface area contributed by atoms with Crippen molar-refractivity contribution in [1.29, 1.82) is 5.26 Å². The quantitative estimate of drug-likeness (QED) is 0.477. The minimum absolute atomic E-state index is 0.236. The zero-order valence-electron chi connectivity index (χ0n) is 11.9. The maximum absolute atomic E-state index is 12.8. The van der Waals surface area contributed by atoms with Crippen molar-refractivity contribution in [1.82, 2.24) is 4.98 Å². The first-order valence-electron chi connectivity index (χ1n) is 6.72. The third-order valence-corrected chi connectivity index (χ3v) is 4.79. The van der Waals surface area contributed by atoms with E-state index in [0.29, 0.717) is 15.3 Å². The van der Waals surface area contributed by atoms with Gasteiger partial charge < -0.3 is 0 Å². The highest BCUT2D eigenvalue weighted by Crippen LogP contribution is 2.34. The second kappa shape index (κ2) is 6.38. The Bertz CT molecular complexity index is 983. The molecular weight excluding hydrogens is 401 g/mol. The number of benzene rings is 2. The largest absolute Gasteiger partial charge is 0.416 e. The number of hydrogen-bond acceptors (Lipinski definition) is 3. The van der Waals surface area contributed by atoms with Crippen LogP contribution in [-0.4, -0.2) is 4.98 Å². The lowest BCUT2D eigenvalue weighted by molar-refractivity contribution is -0.137. The molecule has 0 aliphatic carbocycles. The summed E-state index contributed by atoms with van der Waals surface area (Å²) < 4.78 is 39.8. The van der Waals surface area contributed by atoms with Crippen molar-refractivity contribution in [2.24, 2.45) is 0 Å². The topological polar surface area (TPSA) is 36.7 Å². The summed E-state index contributed by atoms with van der Waals surface area (Å²) in [5.74, 6) is 0. The first-order chi connectivity index (χ1) is 11.4. The van der Waals surface area contributed by atoms with Gasteiger partial charge in [-0.25, -0.2) is 4.98 Å². The van der Waals surface area contributed by atoms with E-state index in [9.17, 15) is 18.4 Å². The Morgan fingerprint density at radius 2 is 2.00 bits per heavy atom. The Hall–Kier alpha value is -2.17. The van der Waals surface area contributed by atoms with E-state index in [2.05, 4.69) is 27.0 Å². The van der Waals surface area contributed by atoms with Crippen LogP contribution in [0.25, 0.3) is 21.9 Å². The molecule has 7 heteroatoms. The molecule has 0 aliphatic heterocycles. The average molecular weight is 409 g/mol. The molecule has 0 saturated heterocycles. The van der Waals surface area contributed by atoms with Gasteiger partial charge in [-0.05, 0) is 42.0 Å². The van der Waals surface area contributed by atoms with Crippen molar-refractivity contribution < 1.29 is 13.2 Å². The molecule has 2 nitrogen and oxygen atoms in total. The molecule has 0 N–H and O–H groups in total. The number of allylic oxidation sites excluding steroid dienone is 1. The van der Waals surface area contributed by atoms with Crippen molar-refractivity contribution in [3.05, 3.63) is 63.1 Å². The maximum Gasteiger partial charge on any atom is 0.416 e. The third-order valence-electron chi connectivity index (χ3n) is 3.23. The molecule has 3 rings (SSSR count). The van der Waals surface area contributed by atoms with Crippen molar-refractivity contribution >= 4 is 49.1 Å². The summed E-state index contributed by atoms with van der Waals surface area (Å²) in [7, 11) is 0. The first kappa shape index (κ1) is 16.7. The molecule has 0 saturated carbocycles. The molecular formula is C17H8BrF3N2S. The fourth-order valence-electron chi connectivity index (χ4n) is 2.12. The maximum atomic E-state index is 12.8. The van der Waals surface area contributed by atoms with Gasteiger partial charge in [-0.3, -0.25) is 0 Å². The molecule has 0 spiro atoms. The Morgan fingerprint density at radius 1 is 1.21 bits per heavy atom. The lowest BCUT2D eigenvalue weighted by Gasteiger charge is -2.04. The van der Waals surface area contributed by atoms with Crippen molar-refractivity contribution in [3.8, 4) is 6.07 Å². The summed E-state index contributed by atoms with van der Waals surface area (Å²) in [6.45, 7) is 0. The van der Waals surface area contributed by atoms with Crippen molar-refractivity contribution in [2.75, 3.05) is 0 Å². The number of hydrogen-bond donors (Lipinski definition) is 0. The van der Waals surface area contributed by atoms with Gasteiger partial charge in [0.25, 0.3) is 0 Å². The minimum atomic E-state index is -4.41. The number of aromatic nitrogens is 1. The molecule has 0 aliphatic rings. The normalized spacial score (nSPS) is 12.4. The average Bonchev–Trinajstić information content (AvgIpc) is 2.94. The van der Waals surface area contributed by atoms with Gasteiger partial charge in [0.1, 0.15) is 11.1 Å². The fraction of sp³-hybridized carbons (Fsp3) is 0.0588. The van der Waals surface area contributed by atoms with Crippen LogP contribution in [0.2, 0.25) is 0 Å². The number of halogens is 4. The Balaban J connectivity index is 2.06. The highest BCUT2D eigenvalue weighted by Gasteiger charge is 2.30. The van der Waals surface area contributed by atoms with Crippen LogP contribution in [0.15, 0.2) is 46.9 Å². The van der Waals surface area contributed by atoms with Crippen LogP contribution in [0.3, 0.4) is 0 Å². The number of rotatable bonds is 2. The predicted octanol–water partition coefficient (Wildman–Crippen LogP) is 6.14. The molecule has 0 amide bonds. The fourth-order valence-corrected chi connectivity index (χ4v) is 3.45. The lowest BCUT2D eigenvalue weighted by atomic mass is 10.1. The van der Waals surface area contributed by atoms with Gasteiger partial charge in [-0.2, -0.15) is 18.4 Å². The molecule has 1 heterocycles. The second-order valence-electron chi connectivity index (χ2n) is 4.92. The summed E-state index contributed by atoms with van der Waals surface area (Å²) in [5.41, 5.74) is 0.598. The van der Waals surface area contributed by atoms with E-state index < -0.39 is 11.7 Å². The molecule has 24 heavy (non-hydrogen) atoms. The highest BCUT2D eigenvalue weighted by atomic mass is 79.9. The first-order valence-corrected chi connectivity index (χ1v) is 8.33. The molecule has 0 unspecified atom stereocenters. The second-order valence-corrected chi connectivity index (χ2v) is 6.87. The van der Waals surface area contributed by atoms with Gasteiger partial charge in [0.15, 0.2) is 0 Å². The molecule has 1 aromatic heterocycles. The summed E-state index contributed by atoms with van der Waals surface area (Å²) in [6.07, 6.45) is -2.75. The van der Waals surface area contributed by atoms with Crippen molar-refractivity contribution in [3.63, 3.8) is 0 Å². The Kier molecular flexibility index (Phi) is 4.43. The van der Waals surface area contributed by atoms with Gasteiger partial charge in [-0.1, -0.05) is 28.1 Å². The Labute approximate surface area is 148 Å². The summed E-state index contributed by atoms with van der Waals surface area (Å²) in [6, 6.07) is 12.8. The van der Waals surface area contributed by atoms with Crippen LogP contribution in [0.1, 0.15) is 16.1 Å². The summed E-state index contributed by atoms with van der Waals surface area (Å²) >= 11 is 4.54.